The molecule has 0 saturated heterocycles. The van der Waals surface area contributed by atoms with E-state index in [0.717, 1.165) is 10.1 Å². The van der Waals surface area contributed by atoms with Gasteiger partial charge < -0.3 is 14.6 Å². The van der Waals surface area contributed by atoms with E-state index in [1.54, 1.807) is 6.07 Å². The average molecular weight is 508 g/mol. The number of fused-ring (bicyclic) bond motifs is 1. The molecule has 10 heteroatoms. The second-order valence-corrected chi connectivity index (χ2v) is 8.16. The Hall–Kier alpha value is -3.07. The van der Waals surface area contributed by atoms with Crippen LogP contribution in [0.5, 0.6) is 0 Å². The van der Waals surface area contributed by atoms with E-state index in [-0.39, 0.29) is 52.1 Å². The number of alkyl halides is 3. The van der Waals surface area contributed by atoms with Gasteiger partial charge in [0.05, 0.1) is 40.0 Å². The molecule has 0 unspecified atom stereocenters. The highest BCUT2D eigenvalue weighted by atomic mass is 35.5. The van der Waals surface area contributed by atoms with Gasteiger partial charge in [0.1, 0.15) is 5.52 Å². The lowest BCUT2D eigenvalue weighted by Gasteiger charge is -2.12. The number of amides is 1. The molecular weight excluding hydrogens is 490 g/mol. The van der Waals surface area contributed by atoms with Crippen molar-refractivity contribution in [1.29, 1.82) is 0 Å². The van der Waals surface area contributed by atoms with Crippen LogP contribution in [0.2, 0.25) is 10.0 Å². The van der Waals surface area contributed by atoms with Crippen molar-refractivity contribution in [3.8, 4) is 0 Å². The summed E-state index contributed by atoms with van der Waals surface area (Å²) in [4.78, 5) is 16.7. The molecule has 3 aromatic carbocycles. The molecule has 0 aliphatic heterocycles. The highest BCUT2D eigenvalue weighted by molar-refractivity contribution is 6.40. The van der Waals surface area contributed by atoms with Gasteiger partial charge in [0.15, 0.2) is 0 Å². The van der Waals surface area contributed by atoms with Crippen LogP contribution in [0.15, 0.2) is 66.7 Å². The molecule has 176 valence electrons. The van der Waals surface area contributed by atoms with Crippen molar-refractivity contribution in [3.63, 3.8) is 0 Å². The summed E-state index contributed by atoms with van der Waals surface area (Å²) in [5, 5.41) is 2.97. The first kappa shape index (κ1) is 24.1. The third-order valence-electron chi connectivity index (χ3n) is 5.05. The first-order valence-corrected chi connectivity index (χ1v) is 10.9. The van der Waals surface area contributed by atoms with E-state index in [9.17, 15) is 18.0 Å². The van der Waals surface area contributed by atoms with Gasteiger partial charge in [0.25, 0.3) is 5.91 Å². The van der Waals surface area contributed by atoms with Gasteiger partial charge in [-0.15, -0.1) is 0 Å². The van der Waals surface area contributed by atoms with Gasteiger partial charge in [-0.3, -0.25) is 4.79 Å². The molecule has 0 spiro atoms. The Morgan fingerprint density at radius 3 is 2.32 bits per heavy atom. The number of nitrogens with one attached hydrogen (secondary N) is 1. The molecule has 4 aromatic rings. The lowest BCUT2D eigenvalue weighted by Crippen LogP contribution is -2.17. The van der Waals surface area contributed by atoms with Gasteiger partial charge in [0, 0.05) is 6.54 Å². The van der Waals surface area contributed by atoms with E-state index in [2.05, 4.69) is 10.3 Å². The fourth-order valence-electron chi connectivity index (χ4n) is 3.49. The standard InChI is InChI=1S/C24H18Cl2F3N3O2/c25-17-9-5-10-18(26)21(17)30-22(33)16-8-4-11-19-20(16)31-23(24(27,28)29)32(19)12-13-34-14-15-6-2-1-3-7-15/h1-11H,12-14H2,(H,30,33). The minimum absolute atomic E-state index is 0.0229. The van der Waals surface area contributed by atoms with Gasteiger partial charge in [0.2, 0.25) is 5.82 Å². The van der Waals surface area contributed by atoms with Gasteiger partial charge in [-0.05, 0) is 29.8 Å². The lowest BCUT2D eigenvalue weighted by atomic mass is 10.1. The molecule has 34 heavy (non-hydrogen) atoms. The number of benzene rings is 3. The van der Waals surface area contributed by atoms with Gasteiger partial charge in [-0.25, -0.2) is 4.98 Å². The lowest BCUT2D eigenvalue weighted by molar-refractivity contribution is -0.147. The molecular formula is C24H18Cl2F3N3O2. The highest BCUT2D eigenvalue weighted by Gasteiger charge is 2.38. The first-order valence-electron chi connectivity index (χ1n) is 10.2. The fraction of sp³-hybridized carbons (Fsp3) is 0.167. The second kappa shape index (κ2) is 10.0. The summed E-state index contributed by atoms with van der Waals surface area (Å²) in [6.07, 6.45) is -4.72. The zero-order valence-corrected chi connectivity index (χ0v) is 19.1. The zero-order chi connectivity index (χ0) is 24.3. The van der Waals surface area contributed by atoms with Crippen molar-refractivity contribution in [3.05, 3.63) is 93.7 Å². The molecule has 0 aliphatic rings. The predicted octanol–water partition coefficient (Wildman–Crippen LogP) is 6.83. The van der Waals surface area contributed by atoms with Gasteiger partial charge >= 0.3 is 6.18 Å². The van der Waals surface area contributed by atoms with Crippen molar-refractivity contribution in [2.45, 2.75) is 19.3 Å². The third kappa shape index (κ3) is 5.19. The summed E-state index contributed by atoms with van der Waals surface area (Å²) in [6, 6.07) is 18.4. The van der Waals surface area contributed by atoms with Crippen LogP contribution < -0.4 is 5.32 Å². The van der Waals surface area contributed by atoms with Crippen molar-refractivity contribution in [2.24, 2.45) is 0 Å². The van der Waals surface area contributed by atoms with Gasteiger partial charge in [-0.1, -0.05) is 65.7 Å². The molecule has 0 radical (unpaired) electrons. The van der Waals surface area contributed by atoms with Crippen molar-refractivity contribution >= 4 is 45.8 Å². The van der Waals surface area contributed by atoms with Crippen LogP contribution >= 0.6 is 23.2 Å². The summed E-state index contributed by atoms with van der Waals surface area (Å²) >= 11 is 12.2. The SMILES string of the molecule is O=C(Nc1c(Cl)cccc1Cl)c1cccc2c1nc(C(F)(F)F)n2CCOCc1ccccc1. The second-order valence-electron chi connectivity index (χ2n) is 7.35. The van der Waals surface area contributed by atoms with Crippen LogP contribution in [0.25, 0.3) is 11.0 Å². The highest BCUT2D eigenvalue weighted by Crippen LogP contribution is 2.34. The number of hydrogen-bond acceptors (Lipinski definition) is 3. The molecule has 5 nitrogen and oxygen atoms in total. The van der Waals surface area contributed by atoms with E-state index in [1.165, 1.54) is 30.3 Å². The summed E-state index contributed by atoms with van der Waals surface area (Å²) < 4.78 is 47.9. The molecule has 1 aromatic heterocycles. The molecule has 0 fully saturated rings. The Morgan fingerprint density at radius 1 is 0.971 bits per heavy atom. The summed E-state index contributed by atoms with van der Waals surface area (Å²) in [5.41, 5.74) is 1.11. The van der Waals surface area contributed by atoms with Crippen molar-refractivity contribution in [2.75, 3.05) is 11.9 Å². The Bertz CT molecular complexity index is 1300. The third-order valence-corrected chi connectivity index (χ3v) is 5.68. The topological polar surface area (TPSA) is 56.2 Å². The monoisotopic (exact) mass is 507 g/mol. The van der Waals surface area contributed by atoms with E-state index < -0.39 is 17.9 Å². The van der Waals surface area contributed by atoms with E-state index >= 15 is 0 Å². The number of anilines is 1. The Kier molecular flexibility index (Phi) is 7.11. The van der Waals surface area contributed by atoms with Crippen LogP contribution in [0.4, 0.5) is 18.9 Å². The molecule has 1 amide bonds. The molecule has 1 heterocycles. The minimum atomic E-state index is -4.72. The molecule has 0 saturated carbocycles. The number of carbonyl (C=O) groups excluding carboxylic acids is 1. The maximum Gasteiger partial charge on any atom is 0.449 e. The van der Waals surface area contributed by atoms with Crippen molar-refractivity contribution < 1.29 is 22.7 Å². The summed E-state index contributed by atoms with van der Waals surface area (Å²) in [5.74, 6) is -1.79. The Morgan fingerprint density at radius 2 is 1.65 bits per heavy atom. The maximum atomic E-state index is 13.8. The number of carbonyl (C=O) groups is 1. The number of hydrogen-bond donors (Lipinski definition) is 1. The van der Waals surface area contributed by atoms with Crippen LogP contribution in [-0.2, 0) is 24.1 Å². The average Bonchev–Trinajstić information content (AvgIpc) is 3.19. The molecule has 0 aliphatic carbocycles. The van der Waals surface area contributed by atoms with E-state index in [0.29, 0.717) is 0 Å². The smallest absolute Gasteiger partial charge is 0.375 e. The minimum Gasteiger partial charge on any atom is -0.375 e. The molecule has 0 bridgehead atoms. The van der Waals surface area contributed by atoms with E-state index in [1.807, 2.05) is 30.3 Å². The van der Waals surface area contributed by atoms with Crippen LogP contribution in [0.1, 0.15) is 21.7 Å². The molecule has 0 atom stereocenters. The number of nitrogens with zero attached hydrogens (tertiary/aromatic N) is 2. The largest absolute Gasteiger partial charge is 0.449 e. The Labute approximate surface area is 203 Å². The number of ether oxygens (including phenoxy) is 1. The number of para-hydroxylation sites is 2. The fourth-order valence-corrected chi connectivity index (χ4v) is 3.98. The van der Waals surface area contributed by atoms with Crippen LogP contribution in [0.3, 0.4) is 0 Å². The summed E-state index contributed by atoms with van der Waals surface area (Å²) in [6.45, 7) is 0.190. The van der Waals surface area contributed by atoms with E-state index in [4.69, 9.17) is 27.9 Å². The normalized spacial score (nSPS) is 11.7. The maximum absolute atomic E-state index is 13.8. The number of halogens is 5. The molecule has 4 rings (SSSR count). The number of rotatable bonds is 7. The molecule has 1 N–H and O–H groups in total. The van der Waals surface area contributed by atoms with Gasteiger partial charge in [-0.2, -0.15) is 13.2 Å². The zero-order valence-electron chi connectivity index (χ0n) is 17.6. The quantitative estimate of drug-likeness (QED) is 0.279. The van der Waals surface area contributed by atoms with Crippen LogP contribution in [0, 0.1) is 0 Å². The first-order chi connectivity index (χ1) is 16.3. The van der Waals surface area contributed by atoms with Crippen molar-refractivity contribution in [1.82, 2.24) is 9.55 Å². The number of aromatic nitrogens is 2. The predicted molar refractivity (Wildman–Crippen MR) is 125 cm³/mol. The summed E-state index contributed by atoms with van der Waals surface area (Å²) in [7, 11) is 0. The Balaban J connectivity index is 1.63. The van der Waals surface area contributed by atoms with Crippen LogP contribution in [-0.4, -0.2) is 22.1 Å². The number of imidazole rings is 1.